The summed E-state index contributed by atoms with van der Waals surface area (Å²) in [5, 5.41) is 6.75. The van der Waals surface area contributed by atoms with Crippen LogP contribution >= 0.6 is 0 Å². The van der Waals surface area contributed by atoms with Crippen LogP contribution in [0.25, 0.3) is 0 Å². The molecule has 18 heavy (non-hydrogen) atoms. The number of nitrogen functional groups attached to an aromatic ring is 1. The smallest absolute Gasteiger partial charge is 0.255 e. The van der Waals surface area contributed by atoms with Gasteiger partial charge in [0.05, 0.1) is 17.6 Å². The Morgan fingerprint density at radius 3 is 2.78 bits per heavy atom. The zero-order valence-corrected chi connectivity index (χ0v) is 10.3. The molecule has 1 aromatic heterocycles. The summed E-state index contributed by atoms with van der Waals surface area (Å²) in [5.41, 5.74) is 5.53. The maximum Gasteiger partial charge on any atom is 0.255 e. The van der Waals surface area contributed by atoms with Crippen molar-refractivity contribution in [2.45, 2.75) is 6.92 Å². The Labute approximate surface area is 105 Å². The van der Waals surface area contributed by atoms with Crippen LogP contribution in [0.15, 0.2) is 30.6 Å². The highest BCUT2D eigenvalue weighted by atomic mass is 16.1. The fraction of sp³-hybridized carbons (Fsp3) is 0.167. The minimum Gasteiger partial charge on any atom is -0.324 e. The van der Waals surface area contributed by atoms with Crippen molar-refractivity contribution in [3.05, 3.63) is 41.7 Å². The van der Waals surface area contributed by atoms with Crippen molar-refractivity contribution < 1.29 is 4.79 Å². The number of hydrogen-bond donors (Lipinski definition) is 3. The molecule has 0 bridgehead atoms. The molecule has 94 valence electrons. The number of aromatic nitrogens is 2. The third-order valence-corrected chi connectivity index (χ3v) is 2.61. The van der Waals surface area contributed by atoms with Crippen molar-refractivity contribution in [3.8, 4) is 0 Å². The van der Waals surface area contributed by atoms with E-state index in [0.717, 1.165) is 11.3 Å². The fourth-order valence-electron chi connectivity index (χ4n) is 1.66. The minimum atomic E-state index is -0.172. The van der Waals surface area contributed by atoms with E-state index < -0.39 is 0 Å². The number of amides is 1. The first kappa shape index (κ1) is 12.1. The molecular formula is C12H15N5O. The first-order valence-corrected chi connectivity index (χ1v) is 5.47. The Bertz CT molecular complexity index is 576. The average Bonchev–Trinajstić information content (AvgIpc) is 2.74. The molecule has 4 N–H and O–H groups in total. The molecule has 0 atom stereocenters. The van der Waals surface area contributed by atoms with Gasteiger partial charge in [-0.3, -0.25) is 15.3 Å². The van der Waals surface area contributed by atoms with Crippen molar-refractivity contribution in [2.24, 2.45) is 12.9 Å². The summed E-state index contributed by atoms with van der Waals surface area (Å²) < 4.78 is 1.63. The maximum absolute atomic E-state index is 12.0. The van der Waals surface area contributed by atoms with Gasteiger partial charge in [0.2, 0.25) is 0 Å². The summed E-state index contributed by atoms with van der Waals surface area (Å²) in [6, 6.07) is 5.27. The van der Waals surface area contributed by atoms with E-state index in [1.54, 1.807) is 42.3 Å². The lowest BCUT2D eigenvalue weighted by molar-refractivity contribution is 0.102. The highest BCUT2D eigenvalue weighted by Crippen LogP contribution is 2.16. The summed E-state index contributed by atoms with van der Waals surface area (Å²) in [6.45, 7) is 1.88. The summed E-state index contributed by atoms with van der Waals surface area (Å²) in [4.78, 5) is 12.0. The number of aryl methyl sites for hydroxylation is 2. The predicted molar refractivity (Wildman–Crippen MR) is 70.2 cm³/mol. The van der Waals surface area contributed by atoms with Gasteiger partial charge in [0, 0.05) is 18.8 Å². The second kappa shape index (κ2) is 4.89. The average molecular weight is 245 g/mol. The summed E-state index contributed by atoms with van der Waals surface area (Å²) in [5.74, 6) is 5.17. The molecule has 1 heterocycles. The molecule has 6 nitrogen and oxygen atoms in total. The fourth-order valence-corrected chi connectivity index (χ4v) is 1.66. The molecule has 0 aliphatic carbocycles. The van der Waals surface area contributed by atoms with Gasteiger partial charge in [0.25, 0.3) is 5.91 Å². The van der Waals surface area contributed by atoms with Crippen LogP contribution in [0, 0.1) is 6.92 Å². The van der Waals surface area contributed by atoms with Crippen molar-refractivity contribution in [1.82, 2.24) is 9.78 Å². The van der Waals surface area contributed by atoms with E-state index >= 15 is 0 Å². The number of benzene rings is 1. The van der Waals surface area contributed by atoms with Gasteiger partial charge in [-0.05, 0) is 30.7 Å². The zero-order valence-electron chi connectivity index (χ0n) is 10.3. The standard InChI is InChI=1S/C12H15N5O/c1-8-5-9(3-4-11(8)16-13)12(18)15-10-6-14-17(2)7-10/h3-7,16H,13H2,1-2H3,(H,15,18). The van der Waals surface area contributed by atoms with Gasteiger partial charge in [-0.25, -0.2) is 0 Å². The van der Waals surface area contributed by atoms with E-state index in [2.05, 4.69) is 15.8 Å². The van der Waals surface area contributed by atoms with Crippen LogP contribution in [0.4, 0.5) is 11.4 Å². The van der Waals surface area contributed by atoms with Crippen molar-refractivity contribution in [1.29, 1.82) is 0 Å². The number of carbonyl (C=O) groups is 1. The third-order valence-electron chi connectivity index (χ3n) is 2.61. The number of hydrazine groups is 1. The number of nitrogens with two attached hydrogens (primary N) is 1. The van der Waals surface area contributed by atoms with Gasteiger partial charge in [-0.2, -0.15) is 5.10 Å². The Morgan fingerprint density at radius 2 is 2.22 bits per heavy atom. The monoisotopic (exact) mass is 245 g/mol. The van der Waals surface area contributed by atoms with Gasteiger partial charge in [-0.15, -0.1) is 0 Å². The maximum atomic E-state index is 12.0. The van der Waals surface area contributed by atoms with E-state index in [4.69, 9.17) is 5.84 Å². The van der Waals surface area contributed by atoms with Crippen LogP contribution < -0.4 is 16.6 Å². The summed E-state index contributed by atoms with van der Waals surface area (Å²) in [7, 11) is 1.79. The van der Waals surface area contributed by atoms with E-state index in [-0.39, 0.29) is 5.91 Å². The lowest BCUT2D eigenvalue weighted by atomic mass is 10.1. The highest BCUT2D eigenvalue weighted by Gasteiger charge is 2.08. The van der Waals surface area contributed by atoms with E-state index in [1.165, 1.54) is 0 Å². The number of rotatable bonds is 3. The first-order chi connectivity index (χ1) is 8.60. The molecule has 0 saturated heterocycles. The normalized spacial score (nSPS) is 10.2. The Hall–Kier alpha value is -2.34. The summed E-state index contributed by atoms with van der Waals surface area (Å²) in [6.07, 6.45) is 3.33. The molecule has 1 amide bonds. The van der Waals surface area contributed by atoms with Crippen LogP contribution in [0.3, 0.4) is 0 Å². The van der Waals surface area contributed by atoms with E-state index in [1.807, 2.05) is 6.92 Å². The Kier molecular flexibility index (Phi) is 3.29. The quantitative estimate of drug-likeness (QED) is 0.561. The Morgan fingerprint density at radius 1 is 1.44 bits per heavy atom. The van der Waals surface area contributed by atoms with Crippen LogP contribution in [0.1, 0.15) is 15.9 Å². The van der Waals surface area contributed by atoms with Gasteiger partial charge >= 0.3 is 0 Å². The van der Waals surface area contributed by atoms with Gasteiger partial charge in [0.15, 0.2) is 0 Å². The molecule has 0 aliphatic rings. The van der Waals surface area contributed by atoms with Crippen molar-refractivity contribution in [3.63, 3.8) is 0 Å². The van der Waals surface area contributed by atoms with Gasteiger partial charge in [-0.1, -0.05) is 0 Å². The number of nitrogens with one attached hydrogen (secondary N) is 2. The van der Waals surface area contributed by atoms with Crippen LogP contribution in [-0.4, -0.2) is 15.7 Å². The molecule has 2 aromatic rings. The van der Waals surface area contributed by atoms with E-state index in [0.29, 0.717) is 11.3 Å². The number of carbonyl (C=O) groups excluding carboxylic acids is 1. The second-order valence-electron chi connectivity index (χ2n) is 4.03. The molecule has 0 aliphatic heterocycles. The summed E-state index contributed by atoms with van der Waals surface area (Å²) >= 11 is 0. The van der Waals surface area contributed by atoms with Crippen LogP contribution in [0.2, 0.25) is 0 Å². The first-order valence-electron chi connectivity index (χ1n) is 5.47. The third kappa shape index (κ3) is 2.49. The van der Waals surface area contributed by atoms with E-state index in [9.17, 15) is 4.79 Å². The minimum absolute atomic E-state index is 0.172. The topological polar surface area (TPSA) is 85.0 Å². The number of nitrogens with zero attached hydrogens (tertiary/aromatic N) is 2. The molecule has 0 unspecified atom stereocenters. The molecule has 0 fully saturated rings. The Balaban J connectivity index is 2.16. The number of anilines is 2. The molecule has 0 saturated carbocycles. The molecule has 0 radical (unpaired) electrons. The van der Waals surface area contributed by atoms with Gasteiger partial charge in [0.1, 0.15) is 0 Å². The molecule has 1 aromatic carbocycles. The van der Waals surface area contributed by atoms with Gasteiger partial charge < -0.3 is 10.7 Å². The zero-order chi connectivity index (χ0) is 13.1. The highest BCUT2D eigenvalue weighted by molar-refractivity contribution is 6.04. The SMILES string of the molecule is Cc1cc(C(=O)Nc2cnn(C)c2)ccc1NN. The van der Waals surface area contributed by atoms with Crippen LogP contribution in [-0.2, 0) is 7.05 Å². The molecule has 2 rings (SSSR count). The lowest BCUT2D eigenvalue weighted by Gasteiger charge is -2.07. The largest absolute Gasteiger partial charge is 0.324 e. The van der Waals surface area contributed by atoms with Crippen molar-refractivity contribution >= 4 is 17.3 Å². The second-order valence-corrected chi connectivity index (χ2v) is 4.03. The van der Waals surface area contributed by atoms with Crippen LogP contribution in [0.5, 0.6) is 0 Å². The lowest BCUT2D eigenvalue weighted by Crippen LogP contribution is -2.13. The molecular weight excluding hydrogens is 230 g/mol. The molecule has 6 heteroatoms. The predicted octanol–water partition coefficient (Wildman–Crippen LogP) is 1.27. The molecule has 0 spiro atoms. The van der Waals surface area contributed by atoms with Crippen molar-refractivity contribution in [2.75, 3.05) is 10.7 Å². The number of hydrogen-bond acceptors (Lipinski definition) is 4.